The number of rotatable bonds is 9. The van der Waals surface area contributed by atoms with Gasteiger partial charge in [-0.1, -0.05) is 218 Å². The van der Waals surface area contributed by atoms with Gasteiger partial charge in [0.15, 0.2) is 18.6 Å². The predicted octanol–water partition coefficient (Wildman–Crippen LogP) is 26.6. The Bertz CT molecular complexity index is 5610. The van der Waals surface area contributed by atoms with E-state index < -0.39 is 0 Å². The monoisotopic (exact) mass is 1420 g/mol. The average molecular weight is 1420 g/mol. The second kappa shape index (κ2) is 29.3. The van der Waals surface area contributed by atoms with Crippen molar-refractivity contribution >= 4 is 21.9 Å². The number of benzene rings is 9. The molecule has 0 aliphatic heterocycles. The molecule has 108 heavy (non-hydrogen) atoms. The zero-order valence-electron chi connectivity index (χ0n) is 66.2. The number of fused-ring (bicyclic) bond motifs is 11. The van der Waals surface area contributed by atoms with Crippen LogP contribution in [-0.4, -0.2) is 0 Å². The SMILES string of the molecule is Cc1c[n+](C)c(-c2ccccc2C)cc1-c1ccc2c(c1)C(C)(C)c1cc(C3CCCCC3)ccc1-2.Cc1c[n+](C)c(-c2ccccc2C)cc1-c1ccc2c(c1)C1(CCCC1)c1cc(C3CCCCC3)ccc1-2.Cc1c[n+](C)c(-c2ccccc2C)cc1-c1ccc2c(c1)oc1cc(C3CCCCC3)ccc12. The average Bonchev–Trinajstić information content (AvgIpc) is 1.56. The molecular weight excluding hydrogens is 1310 g/mol. The van der Waals surface area contributed by atoms with E-state index in [2.05, 4.69) is 309 Å². The minimum Gasteiger partial charge on any atom is -0.456 e. The van der Waals surface area contributed by atoms with Crippen LogP contribution in [0.25, 0.3) is 111 Å². The van der Waals surface area contributed by atoms with E-state index in [0.29, 0.717) is 5.92 Å². The van der Waals surface area contributed by atoms with Gasteiger partial charge in [-0.3, -0.25) is 0 Å². The molecule has 0 radical (unpaired) electrons. The molecule has 9 aromatic carbocycles. The Hall–Kier alpha value is -9.77. The van der Waals surface area contributed by atoms with Crippen LogP contribution in [0.5, 0.6) is 0 Å². The molecule has 544 valence electrons. The van der Waals surface area contributed by atoms with E-state index in [9.17, 15) is 0 Å². The smallest absolute Gasteiger partial charge is 0.213 e. The van der Waals surface area contributed by atoms with Crippen molar-refractivity contribution in [3.05, 3.63) is 291 Å². The fourth-order valence-electron chi connectivity index (χ4n) is 20.8. The topological polar surface area (TPSA) is 24.8 Å². The van der Waals surface area contributed by atoms with E-state index in [1.165, 1.54) is 272 Å². The van der Waals surface area contributed by atoms with Crippen molar-refractivity contribution in [3.63, 3.8) is 0 Å². The Kier molecular flexibility index (Phi) is 19.3. The summed E-state index contributed by atoms with van der Waals surface area (Å²) in [5.41, 5.74) is 42.1. The number of furan rings is 1. The zero-order chi connectivity index (χ0) is 74.1. The summed E-state index contributed by atoms with van der Waals surface area (Å²) in [4.78, 5) is 0. The Morgan fingerprint density at radius 2 is 0.611 bits per heavy atom. The predicted molar refractivity (Wildman–Crippen MR) is 451 cm³/mol. The van der Waals surface area contributed by atoms with Crippen molar-refractivity contribution in [2.45, 2.75) is 206 Å². The summed E-state index contributed by atoms with van der Waals surface area (Å²) < 4.78 is 13.2. The van der Waals surface area contributed by atoms with Crippen LogP contribution in [-0.2, 0) is 32.0 Å². The van der Waals surface area contributed by atoms with Crippen LogP contribution in [0.3, 0.4) is 0 Å². The van der Waals surface area contributed by atoms with Crippen LogP contribution in [0.15, 0.2) is 223 Å². The van der Waals surface area contributed by atoms with E-state index in [-0.39, 0.29) is 10.8 Å². The largest absolute Gasteiger partial charge is 0.456 e. The molecule has 19 rings (SSSR count). The summed E-state index contributed by atoms with van der Waals surface area (Å²) in [6.07, 6.45) is 32.6. The van der Waals surface area contributed by atoms with Gasteiger partial charge in [-0.25, -0.2) is 13.7 Å². The molecule has 0 saturated heterocycles. The quantitative estimate of drug-likeness (QED) is 0.132. The fraction of sp³-hybridized carbons (Fsp3) is 0.337. The third-order valence-electron chi connectivity index (χ3n) is 26.9. The van der Waals surface area contributed by atoms with Gasteiger partial charge < -0.3 is 4.42 Å². The lowest BCUT2D eigenvalue weighted by molar-refractivity contribution is -0.660. The summed E-state index contributed by atoms with van der Waals surface area (Å²) in [6, 6.07) is 76.3. The first-order chi connectivity index (χ1) is 52.5. The second-order valence-corrected chi connectivity index (χ2v) is 34.2. The lowest BCUT2D eigenvalue weighted by Crippen LogP contribution is -2.31. The normalized spacial score (nSPS) is 16.5. The maximum absolute atomic E-state index is 6.44. The van der Waals surface area contributed by atoms with Gasteiger partial charge in [0.05, 0.1) is 0 Å². The van der Waals surface area contributed by atoms with Crippen molar-refractivity contribution in [2.24, 2.45) is 21.1 Å². The van der Waals surface area contributed by atoms with Crippen LogP contribution in [0.2, 0.25) is 0 Å². The first kappa shape index (κ1) is 71.2. The van der Waals surface area contributed by atoms with E-state index in [1.54, 1.807) is 22.3 Å². The van der Waals surface area contributed by atoms with Gasteiger partial charge in [-0.2, -0.15) is 0 Å². The highest BCUT2D eigenvalue weighted by Crippen LogP contribution is 2.59. The van der Waals surface area contributed by atoms with Gasteiger partial charge >= 0.3 is 0 Å². The molecule has 1 spiro atoms. The Morgan fingerprint density at radius 1 is 0.287 bits per heavy atom. The van der Waals surface area contributed by atoms with Crippen molar-refractivity contribution in [3.8, 4) is 89.4 Å². The summed E-state index contributed by atoms with van der Waals surface area (Å²) in [5, 5.41) is 2.42. The Balaban J connectivity index is 0.000000119. The number of hydrogen-bond donors (Lipinski definition) is 0. The first-order valence-corrected chi connectivity index (χ1v) is 41.2. The minimum atomic E-state index is 0.0115. The van der Waals surface area contributed by atoms with Gasteiger partial charge in [-0.05, 0) is 270 Å². The van der Waals surface area contributed by atoms with Crippen molar-refractivity contribution in [1.29, 1.82) is 0 Å². The molecule has 4 heterocycles. The van der Waals surface area contributed by atoms with Gasteiger partial charge in [-0.15, -0.1) is 0 Å². The molecule has 4 heteroatoms. The van der Waals surface area contributed by atoms with Crippen LogP contribution in [0.1, 0.15) is 226 Å². The number of aromatic nitrogens is 3. The Morgan fingerprint density at radius 3 is 1.05 bits per heavy atom. The standard InChI is InChI=1S/C37H40N.C35H38N.C32H32NO/c1-25-11-7-8-14-30(25)36-23-33(26(2)24-38(36)3)29-16-18-32-31-17-15-28(27-12-5-4-6-13-27)21-34(31)37(35(32)22-29)19-9-10-20-37;1-23-11-9-10-14-28(23)34-21-31(24(2)22-36(34)5)27-16-18-30-29-17-15-26(25-12-7-6-8-13-25)19-32(29)35(3,4)33(30)20-27;1-21-9-7-8-12-26(21)30-19-29(22(2)20-33(30)3)25-14-16-28-27-15-13-24(23-10-5-4-6-11-23)17-31(27)34-32(28)18-25/h7-8,11,14-18,21-24,27H,4-6,9-10,12-13,19-20H2,1-3H3;9-11,14-22,25H,6-8,12-13H2,1-5H3;7-9,12-20,23H,4-6,10-11H2,1-3H3/q3*+1. The minimum absolute atomic E-state index is 0.0115. The van der Waals surface area contributed by atoms with Gasteiger partial charge in [0.25, 0.3) is 0 Å². The first-order valence-electron chi connectivity index (χ1n) is 41.2. The van der Waals surface area contributed by atoms with Gasteiger partial charge in [0.1, 0.15) is 32.3 Å². The Labute approximate surface area is 643 Å². The second-order valence-electron chi connectivity index (χ2n) is 34.2. The van der Waals surface area contributed by atoms with E-state index in [0.717, 1.165) is 23.0 Å². The number of hydrogen-bond acceptors (Lipinski definition) is 1. The fourth-order valence-corrected chi connectivity index (χ4v) is 20.8. The molecule has 0 bridgehead atoms. The van der Waals surface area contributed by atoms with Gasteiger partial charge in [0.2, 0.25) is 17.1 Å². The molecule has 13 aromatic rings. The van der Waals surface area contributed by atoms with Crippen LogP contribution in [0.4, 0.5) is 0 Å². The summed E-state index contributed by atoms with van der Waals surface area (Å²) >= 11 is 0. The highest BCUT2D eigenvalue weighted by molar-refractivity contribution is 6.06. The maximum atomic E-state index is 6.44. The van der Waals surface area contributed by atoms with E-state index >= 15 is 0 Å². The molecule has 0 atom stereocenters. The zero-order valence-corrected chi connectivity index (χ0v) is 66.2. The number of aryl methyl sites for hydroxylation is 9. The van der Waals surface area contributed by atoms with Crippen molar-refractivity contribution < 1.29 is 18.1 Å². The molecule has 0 unspecified atom stereocenters. The number of pyridine rings is 3. The van der Waals surface area contributed by atoms with Crippen molar-refractivity contribution in [2.75, 3.05) is 0 Å². The van der Waals surface area contributed by atoms with Crippen LogP contribution < -0.4 is 13.7 Å². The summed E-state index contributed by atoms with van der Waals surface area (Å²) in [7, 11) is 6.46. The molecule has 4 nitrogen and oxygen atoms in total. The third kappa shape index (κ3) is 13.1. The highest BCUT2D eigenvalue weighted by atomic mass is 16.3. The maximum Gasteiger partial charge on any atom is 0.213 e. The van der Waals surface area contributed by atoms with E-state index in [4.69, 9.17) is 4.42 Å². The highest BCUT2D eigenvalue weighted by Gasteiger charge is 2.46. The van der Waals surface area contributed by atoms with Crippen LogP contribution >= 0.6 is 0 Å². The van der Waals surface area contributed by atoms with Crippen molar-refractivity contribution in [1.82, 2.24) is 0 Å². The molecule has 0 amide bonds. The third-order valence-corrected chi connectivity index (χ3v) is 26.9. The van der Waals surface area contributed by atoms with E-state index in [1.807, 2.05) is 0 Å². The van der Waals surface area contributed by atoms with Gasteiger partial charge in [0, 0.05) is 73.2 Å². The summed E-state index contributed by atoms with van der Waals surface area (Å²) in [5.74, 6) is 2.19. The molecule has 6 aliphatic rings. The molecule has 4 saturated carbocycles. The molecule has 0 N–H and O–H groups in total. The number of nitrogens with zero attached hydrogens (tertiary/aromatic N) is 3. The lowest BCUT2D eigenvalue weighted by Gasteiger charge is -2.29. The summed E-state index contributed by atoms with van der Waals surface area (Å²) in [6.45, 7) is 18.1. The molecular formula is C104H110N3O+3. The van der Waals surface area contributed by atoms with Crippen LogP contribution in [0, 0.1) is 41.5 Å². The molecule has 4 fully saturated rings. The molecule has 6 aliphatic carbocycles. The molecule has 4 aromatic heterocycles. The lowest BCUT2D eigenvalue weighted by atomic mass is 9.74.